The van der Waals surface area contributed by atoms with E-state index in [1.165, 1.54) is 12.1 Å². The Kier molecular flexibility index (Phi) is 34.0. The number of aromatic hydroxyl groups is 1. The Labute approximate surface area is 495 Å². The standard InChI is InChI=1S/C55H97N9O21/c56-33(27-31-13-15-32(68)16-14-31)50(77)64-35(52(79)62-23-9-3-6-12-26-82-55-43(59)49(76)46(73)38(30-67)85-55)18-20-40(70)63-34(51(78)61-22-8-2-5-11-25-81-54-42(58)48(75)45(72)37(29-66)84-54)17-19-39(69)60-21-7-1-4-10-24-80-53-41(57)47(74)44(71)36(28-65)83-53/h13-16,33-38,41-49,53-55,65-68,71-76H,1-12,17-30,56-59H2,(H,60,69)(H,61,78)(H,62,79)(H,63,70)(H,64,77). The number of amides is 5. The van der Waals surface area contributed by atoms with Gasteiger partial charge in [0, 0.05) is 52.3 Å². The molecule has 0 bridgehead atoms. The lowest BCUT2D eigenvalue weighted by Gasteiger charge is -2.40. The van der Waals surface area contributed by atoms with E-state index in [0.717, 1.165) is 0 Å². The highest BCUT2D eigenvalue weighted by molar-refractivity contribution is 5.91. The number of unbranched alkanes of at least 4 members (excludes halogenated alkanes) is 9. The molecular formula is C55H97N9O21. The first-order valence-corrected chi connectivity index (χ1v) is 29.6. The molecule has 0 radical (unpaired) electrons. The monoisotopic (exact) mass is 1220 g/mol. The fourth-order valence-corrected chi connectivity index (χ4v) is 9.70. The van der Waals surface area contributed by atoms with Crippen LogP contribution in [0.3, 0.4) is 0 Å². The average Bonchev–Trinajstić information content (AvgIpc) is 3.39. The normalized spacial score (nSPS) is 28.8. The number of carbonyl (C=O) groups excluding carboxylic acids is 5. The molecule has 85 heavy (non-hydrogen) atoms. The van der Waals surface area contributed by atoms with E-state index in [1.54, 1.807) is 12.1 Å². The smallest absolute Gasteiger partial charge is 0.242 e. The summed E-state index contributed by atoms with van der Waals surface area (Å²) >= 11 is 0. The Morgan fingerprint density at radius 3 is 1.21 bits per heavy atom. The van der Waals surface area contributed by atoms with Crippen molar-refractivity contribution in [2.75, 3.05) is 59.3 Å². The number of benzene rings is 1. The van der Waals surface area contributed by atoms with Crippen LogP contribution in [0.15, 0.2) is 24.3 Å². The zero-order valence-corrected chi connectivity index (χ0v) is 48.4. The molecule has 4 rings (SSSR count). The van der Waals surface area contributed by atoms with Crippen molar-refractivity contribution in [1.29, 1.82) is 0 Å². The van der Waals surface area contributed by atoms with Crippen LogP contribution in [0.25, 0.3) is 0 Å². The minimum atomic E-state index is -1.36. The minimum Gasteiger partial charge on any atom is -0.508 e. The molecule has 18 unspecified atom stereocenters. The zero-order valence-electron chi connectivity index (χ0n) is 48.4. The van der Waals surface area contributed by atoms with Gasteiger partial charge in [-0.1, -0.05) is 50.7 Å². The van der Waals surface area contributed by atoms with Gasteiger partial charge in [-0.2, -0.15) is 0 Å². The van der Waals surface area contributed by atoms with Crippen LogP contribution in [0.2, 0.25) is 0 Å². The quantitative estimate of drug-likeness (QED) is 0.0272. The number of aliphatic hydroxyl groups is 9. The Morgan fingerprint density at radius 1 is 0.471 bits per heavy atom. The lowest BCUT2D eigenvalue weighted by atomic mass is 9.98. The number of carbonyl (C=O) groups is 5. The van der Waals surface area contributed by atoms with Crippen LogP contribution in [0, 0.1) is 0 Å². The van der Waals surface area contributed by atoms with Crippen molar-refractivity contribution in [2.45, 2.75) is 219 Å². The van der Waals surface area contributed by atoms with Crippen LogP contribution in [-0.4, -0.2) is 250 Å². The van der Waals surface area contributed by atoms with Gasteiger partial charge in [0.1, 0.15) is 72.8 Å². The molecular weight excluding hydrogens is 1120 g/mol. The summed E-state index contributed by atoms with van der Waals surface area (Å²) in [5, 5.41) is 113. The summed E-state index contributed by atoms with van der Waals surface area (Å²) in [6, 6.07) is -0.483. The van der Waals surface area contributed by atoms with Gasteiger partial charge in [0.2, 0.25) is 29.5 Å². The summed E-state index contributed by atoms with van der Waals surface area (Å²) < 4.78 is 33.4. The number of nitrogens with two attached hydrogens (primary N) is 4. The minimum absolute atomic E-state index is 0.0226. The van der Waals surface area contributed by atoms with E-state index in [9.17, 15) is 75.0 Å². The van der Waals surface area contributed by atoms with Gasteiger partial charge in [0.15, 0.2) is 18.9 Å². The molecule has 0 aliphatic carbocycles. The third kappa shape index (κ3) is 25.0. The van der Waals surface area contributed by atoms with E-state index < -0.39 is 154 Å². The van der Waals surface area contributed by atoms with Gasteiger partial charge in [-0.3, -0.25) is 24.0 Å². The zero-order chi connectivity index (χ0) is 62.4. The largest absolute Gasteiger partial charge is 0.508 e. The molecule has 3 aliphatic rings. The molecule has 30 nitrogen and oxygen atoms in total. The van der Waals surface area contributed by atoms with Crippen LogP contribution in [0.4, 0.5) is 0 Å². The van der Waals surface area contributed by atoms with Crippen LogP contribution in [0.1, 0.15) is 108 Å². The van der Waals surface area contributed by atoms with Gasteiger partial charge in [0.25, 0.3) is 0 Å². The Hall–Kier alpha value is -4.39. The summed E-state index contributed by atoms with van der Waals surface area (Å²) in [6.45, 7) is -0.210. The number of rotatable bonds is 40. The van der Waals surface area contributed by atoms with Crippen molar-refractivity contribution in [1.82, 2.24) is 26.6 Å². The molecule has 0 saturated carbocycles. The highest BCUT2D eigenvalue weighted by Gasteiger charge is 2.45. The van der Waals surface area contributed by atoms with Gasteiger partial charge < -0.3 is 129 Å². The maximum Gasteiger partial charge on any atom is 0.242 e. The summed E-state index contributed by atoms with van der Waals surface area (Å²) in [5.74, 6) is -2.81. The van der Waals surface area contributed by atoms with Crippen LogP contribution >= 0.6 is 0 Å². The molecule has 1 aromatic carbocycles. The highest BCUT2D eigenvalue weighted by atomic mass is 16.7. The number of ether oxygens (including phenoxy) is 6. The number of phenols is 1. The maximum absolute atomic E-state index is 13.7. The van der Waals surface area contributed by atoms with Crippen molar-refractivity contribution < 1.29 is 103 Å². The van der Waals surface area contributed by atoms with E-state index in [2.05, 4.69) is 26.6 Å². The molecule has 23 N–H and O–H groups in total. The van der Waals surface area contributed by atoms with Crippen molar-refractivity contribution in [3.05, 3.63) is 29.8 Å². The van der Waals surface area contributed by atoms with Gasteiger partial charge in [-0.25, -0.2) is 0 Å². The molecule has 0 aromatic heterocycles. The highest BCUT2D eigenvalue weighted by Crippen LogP contribution is 2.24. The molecule has 30 heteroatoms. The third-order valence-electron chi connectivity index (χ3n) is 15.1. The van der Waals surface area contributed by atoms with Gasteiger partial charge >= 0.3 is 0 Å². The number of hydrogen-bond acceptors (Lipinski definition) is 25. The van der Waals surface area contributed by atoms with Gasteiger partial charge in [0.05, 0.1) is 44.0 Å². The first-order chi connectivity index (χ1) is 40.7. The molecule has 1 aromatic rings. The molecule has 3 aliphatic heterocycles. The second-order valence-corrected chi connectivity index (χ2v) is 21.9. The van der Waals surface area contributed by atoms with Crippen LogP contribution in [0.5, 0.6) is 5.75 Å². The third-order valence-corrected chi connectivity index (χ3v) is 15.1. The lowest BCUT2D eigenvalue weighted by molar-refractivity contribution is -0.265. The van der Waals surface area contributed by atoms with Crippen molar-refractivity contribution in [3.8, 4) is 5.75 Å². The number of aliphatic hydroxyl groups excluding tert-OH is 9. The van der Waals surface area contributed by atoms with E-state index in [-0.39, 0.29) is 76.7 Å². The number of nitrogens with one attached hydrogen (secondary N) is 5. The predicted molar refractivity (Wildman–Crippen MR) is 302 cm³/mol. The molecule has 5 amide bonds. The van der Waals surface area contributed by atoms with Gasteiger partial charge in [-0.05, 0) is 75.5 Å². The van der Waals surface area contributed by atoms with Crippen molar-refractivity contribution in [2.24, 2.45) is 22.9 Å². The molecule has 3 fully saturated rings. The fourth-order valence-electron chi connectivity index (χ4n) is 9.70. The molecule has 3 heterocycles. The number of phenolic OH excluding ortho intramolecular Hbond substituents is 1. The predicted octanol–water partition coefficient (Wildman–Crippen LogP) is -5.83. The average molecular weight is 1220 g/mol. The second kappa shape index (κ2) is 39.5. The Bertz CT molecular complexity index is 2090. The first-order valence-electron chi connectivity index (χ1n) is 29.6. The summed E-state index contributed by atoms with van der Waals surface area (Å²) in [4.78, 5) is 67.6. The Balaban J connectivity index is 1.28. The summed E-state index contributed by atoms with van der Waals surface area (Å²) in [6.07, 6.45) is -7.58. The second-order valence-electron chi connectivity index (χ2n) is 21.9. The van der Waals surface area contributed by atoms with E-state index in [0.29, 0.717) is 89.2 Å². The van der Waals surface area contributed by atoms with Crippen molar-refractivity contribution >= 4 is 29.5 Å². The summed E-state index contributed by atoms with van der Waals surface area (Å²) in [7, 11) is 0. The SMILES string of the molecule is NC(Cc1ccc(O)cc1)C(=O)NC(CCC(=O)NC(CCC(=O)NCCCCCCOC1OC(CO)C(O)C(O)C1N)C(=O)NCCCCCCOC1OC(CO)C(O)C(O)C1N)C(=O)NCCCCCCOC1OC(CO)C(O)C(O)C1N. The lowest BCUT2D eigenvalue weighted by Crippen LogP contribution is -2.62. The van der Waals surface area contributed by atoms with E-state index in [1.807, 2.05) is 0 Å². The Morgan fingerprint density at radius 2 is 0.824 bits per heavy atom. The van der Waals surface area contributed by atoms with Crippen molar-refractivity contribution in [3.63, 3.8) is 0 Å². The van der Waals surface area contributed by atoms with Crippen LogP contribution < -0.4 is 49.5 Å². The fraction of sp³-hybridized carbons (Fsp3) is 0.800. The molecule has 3 saturated heterocycles. The van der Waals surface area contributed by atoms with E-state index in [4.69, 9.17) is 51.4 Å². The molecule has 488 valence electrons. The maximum atomic E-state index is 13.7. The number of hydrogen-bond donors (Lipinski definition) is 19. The van der Waals surface area contributed by atoms with Gasteiger partial charge in [-0.15, -0.1) is 0 Å². The molecule has 18 atom stereocenters. The first kappa shape index (κ1) is 73.1. The van der Waals surface area contributed by atoms with Crippen LogP contribution in [-0.2, 0) is 58.8 Å². The summed E-state index contributed by atoms with van der Waals surface area (Å²) in [5.41, 5.74) is 24.7. The molecule has 0 spiro atoms. The van der Waals surface area contributed by atoms with E-state index >= 15 is 0 Å². The topological polar surface area (TPSA) is 507 Å².